The molecule has 80 valence electrons. The molecule has 0 spiro atoms. The average molecular weight is 199 g/mol. The summed E-state index contributed by atoms with van der Waals surface area (Å²) in [6.45, 7) is 4.34. The van der Waals surface area contributed by atoms with Crippen molar-refractivity contribution in [2.24, 2.45) is 11.8 Å². The predicted octanol–water partition coefficient (Wildman–Crippen LogP) is 1.01. The summed E-state index contributed by atoms with van der Waals surface area (Å²) in [6, 6.07) is 0.0461. The molecular weight excluding hydrogens is 182 g/mol. The molecule has 1 aliphatic rings. The second-order valence-electron chi connectivity index (χ2n) is 4.24. The third-order valence-corrected chi connectivity index (χ3v) is 3.13. The third-order valence-electron chi connectivity index (χ3n) is 3.13. The van der Waals surface area contributed by atoms with Gasteiger partial charge in [0.2, 0.25) is 0 Å². The Bertz CT molecular complexity index is 240. The Balaban J connectivity index is 2.40. The van der Waals surface area contributed by atoms with E-state index in [1.807, 2.05) is 0 Å². The van der Waals surface area contributed by atoms with Gasteiger partial charge in [-0.25, -0.2) is 4.79 Å². The lowest BCUT2D eigenvalue weighted by Crippen LogP contribution is -2.42. The molecule has 1 rings (SSSR count). The molecule has 0 saturated heterocycles. The molecule has 1 aliphatic carbocycles. The van der Waals surface area contributed by atoms with E-state index in [0.29, 0.717) is 11.8 Å². The number of rotatable bonds is 1. The topological polar surface area (TPSA) is 66.4 Å². The molecule has 14 heavy (non-hydrogen) atoms. The number of nitrogens with one attached hydrogen (secondary N) is 1. The molecule has 3 atom stereocenters. The van der Waals surface area contributed by atoms with E-state index in [1.54, 1.807) is 0 Å². The fraction of sp³-hybridized carbons (Fsp3) is 0.800. The number of carbonyl (C=O) groups is 2. The van der Waals surface area contributed by atoms with Crippen LogP contribution in [0, 0.1) is 11.8 Å². The van der Waals surface area contributed by atoms with E-state index in [9.17, 15) is 9.59 Å². The van der Waals surface area contributed by atoms with Crippen molar-refractivity contribution in [3.63, 3.8) is 0 Å². The van der Waals surface area contributed by atoms with Gasteiger partial charge < -0.3 is 10.4 Å². The van der Waals surface area contributed by atoms with E-state index >= 15 is 0 Å². The van der Waals surface area contributed by atoms with Gasteiger partial charge in [-0.2, -0.15) is 0 Å². The molecule has 1 fully saturated rings. The zero-order chi connectivity index (χ0) is 10.7. The van der Waals surface area contributed by atoms with Crippen LogP contribution in [-0.2, 0) is 9.59 Å². The smallest absolute Gasteiger partial charge is 0.394 e. The van der Waals surface area contributed by atoms with Crippen LogP contribution in [0.15, 0.2) is 0 Å². The van der Waals surface area contributed by atoms with E-state index in [4.69, 9.17) is 5.11 Å². The van der Waals surface area contributed by atoms with Gasteiger partial charge >= 0.3 is 11.9 Å². The van der Waals surface area contributed by atoms with Crippen LogP contribution < -0.4 is 5.32 Å². The van der Waals surface area contributed by atoms with Crippen LogP contribution >= 0.6 is 0 Å². The highest BCUT2D eigenvalue weighted by atomic mass is 16.4. The predicted molar refractivity (Wildman–Crippen MR) is 51.7 cm³/mol. The monoisotopic (exact) mass is 199 g/mol. The molecule has 0 aromatic heterocycles. The molecule has 2 N–H and O–H groups in total. The van der Waals surface area contributed by atoms with Gasteiger partial charge in [0.05, 0.1) is 0 Å². The Labute approximate surface area is 83.7 Å². The summed E-state index contributed by atoms with van der Waals surface area (Å²) >= 11 is 0. The Kier molecular flexibility index (Phi) is 3.49. The number of hydrogen-bond donors (Lipinski definition) is 2. The summed E-state index contributed by atoms with van der Waals surface area (Å²) in [4.78, 5) is 21.2. The highest BCUT2D eigenvalue weighted by Crippen LogP contribution is 2.29. The summed E-state index contributed by atoms with van der Waals surface area (Å²) in [7, 11) is 0. The van der Waals surface area contributed by atoms with E-state index in [0.717, 1.165) is 19.3 Å². The van der Waals surface area contributed by atoms with Gasteiger partial charge in [0, 0.05) is 6.04 Å². The first-order chi connectivity index (χ1) is 6.50. The molecule has 0 aromatic rings. The second-order valence-corrected chi connectivity index (χ2v) is 4.24. The Morgan fingerprint density at radius 1 is 1.21 bits per heavy atom. The number of carbonyl (C=O) groups excluding carboxylic acids is 1. The van der Waals surface area contributed by atoms with Crippen molar-refractivity contribution in [2.75, 3.05) is 0 Å². The molecule has 4 nitrogen and oxygen atoms in total. The van der Waals surface area contributed by atoms with Crippen LogP contribution in [0.4, 0.5) is 0 Å². The van der Waals surface area contributed by atoms with Crippen LogP contribution in [0.1, 0.15) is 33.1 Å². The average Bonchev–Trinajstić information content (AvgIpc) is 2.11. The highest BCUT2D eigenvalue weighted by molar-refractivity contribution is 6.31. The van der Waals surface area contributed by atoms with E-state index in [2.05, 4.69) is 19.2 Å². The van der Waals surface area contributed by atoms with Crippen molar-refractivity contribution in [2.45, 2.75) is 39.2 Å². The summed E-state index contributed by atoms with van der Waals surface area (Å²) in [6.07, 6.45) is 2.84. The summed E-state index contributed by atoms with van der Waals surface area (Å²) in [5.41, 5.74) is 0. The quantitative estimate of drug-likeness (QED) is 0.619. The number of carboxylic acid groups (broad SMARTS) is 1. The highest BCUT2D eigenvalue weighted by Gasteiger charge is 2.26. The molecule has 1 saturated carbocycles. The maximum absolute atomic E-state index is 10.9. The van der Waals surface area contributed by atoms with Crippen LogP contribution in [-0.4, -0.2) is 23.0 Å². The molecule has 0 bridgehead atoms. The Hall–Kier alpha value is -1.06. The van der Waals surface area contributed by atoms with Gasteiger partial charge in [-0.15, -0.1) is 0 Å². The number of carboxylic acids is 1. The van der Waals surface area contributed by atoms with Crippen molar-refractivity contribution in [1.29, 1.82) is 0 Å². The maximum Gasteiger partial charge on any atom is 0.394 e. The van der Waals surface area contributed by atoms with Gasteiger partial charge in [0.15, 0.2) is 0 Å². The molecular formula is C10H17NO3. The molecule has 0 aliphatic heterocycles. The zero-order valence-electron chi connectivity index (χ0n) is 8.62. The minimum Gasteiger partial charge on any atom is -0.474 e. The summed E-state index contributed by atoms with van der Waals surface area (Å²) in [5.74, 6) is -1.04. The molecule has 1 amide bonds. The van der Waals surface area contributed by atoms with Gasteiger partial charge in [0.1, 0.15) is 0 Å². The lowest BCUT2D eigenvalue weighted by atomic mass is 9.79. The number of amides is 1. The van der Waals surface area contributed by atoms with Crippen molar-refractivity contribution < 1.29 is 14.7 Å². The summed E-state index contributed by atoms with van der Waals surface area (Å²) in [5, 5.41) is 10.9. The number of aliphatic carboxylic acids is 1. The lowest BCUT2D eigenvalue weighted by Gasteiger charge is -2.32. The fourth-order valence-electron chi connectivity index (χ4n) is 1.93. The first-order valence-electron chi connectivity index (χ1n) is 5.04. The normalized spacial score (nSPS) is 32.3. The van der Waals surface area contributed by atoms with Gasteiger partial charge in [-0.1, -0.05) is 13.8 Å². The third kappa shape index (κ3) is 2.72. The summed E-state index contributed by atoms with van der Waals surface area (Å²) < 4.78 is 0. The molecule has 0 aromatic carbocycles. The van der Waals surface area contributed by atoms with E-state index in [-0.39, 0.29) is 6.04 Å². The van der Waals surface area contributed by atoms with Gasteiger partial charge in [-0.05, 0) is 31.1 Å². The van der Waals surface area contributed by atoms with E-state index < -0.39 is 11.9 Å². The van der Waals surface area contributed by atoms with Crippen LogP contribution in [0.5, 0.6) is 0 Å². The first kappa shape index (κ1) is 11.0. The fourth-order valence-corrected chi connectivity index (χ4v) is 1.93. The largest absolute Gasteiger partial charge is 0.474 e. The standard InChI is InChI=1S/C10H17NO3/c1-6-3-4-8(5-7(6)2)11-9(12)10(13)14/h6-8H,3-5H2,1-2H3,(H,11,12)(H,13,14). The van der Waals surface area contributed by atoms with Crippen LogP contribution in [0.2, 0.25) is 0 Å². The van der Waals surface area contributed by atoms with Crippen LogP contribution in [0.25, 0.3) is 0 Å². The van der Waals surface area contributed by atoms with Gasteiger partial charge in [-0.3, -0.25) is 4.79 Å². The van der Waals surface area contributed by atoms with Gasteiger partial charge in [0.25, 0.3) is 0 Å². The van der Waals surface area contributed by atoms with E-state index in [1.165, 1.54) is 0 Å². The van der Waals surface area contributed by atoms with Crippen LogP contribution in [0.3, 0.4) is 0 Å². The Morgan fingerprint density at radius 2 is 1.86 bits per heavy atom. The SMILES string of the molecule is CC1CCC(NC(=O)C(=O)O)CC1C. The first-order valence-corrected chi connectivity index (χ1v) is 5.04. The minimum atomic E-state index is -1.39. The second kappa shape index (κ2) is 4.44. The Morgan fingerprint density at radius 3 is 2.36 bits per heavy atom. The molecule has 3 unspecified atom stereocenters. The zero-order valence-corrected chi connectivity index (χ0v) is 8.62. The van der Waals surface area contributed by atoms with Crippen molar-refractivity contribution in [1.82, 2.24) is 5.32 Å². The molecule has 4 heteroatoms. The van der Waals surface area contributed by atoms with Crippen molar-refractivity contribution in [3.8, 4) is 0 Å². The lowest BCUT2D eigenvalue weighted by molar-refractivity contribution is -0.150. The minimum absolute atomic E-state index is 0.0461. The molecule has 0 heterocycles. The maximum atomic E-state index is 10.9. The van der Waals surface area contributed by atoms with Crippen molar-refractivity contribution in [3.05, 3.63) is 0 Å². The van der Waals surface area contributed by atoms with Crippen molar-refractivity contribution >= 4 is 11.9 Å². The molecule has 0 radical (unpaired) electrons. The number of hydrogen-bond acceptors (Lipinski definition) is 2.